The average molecular weight is 288 g/mol. The van der Waals surface area contributed by atoms with Crippen LogP contribution in [-0.4, -0.2) is 14.7 Å². The summed E-state index contributed by atoms with van der Waals surface area (Å²) in [6.45, 7) is 6.74. The summed E-state index contributed by atoms with van der Waals surface area (Å²) in [5.74, 6) is 0. The molecule has 0 saturated carbocycles. The molecule has 0 heterocycles. The van der Waals surface area contributed by atoms with Crippen molar-refractivity contribution in [3.63, 3.8) is 0 Å². The Hall–Kier alpha value is -0.953. The van der Waals surface area contributed by atoms with E-state index >= 15 is 0 Å². The van der Waals surface area contributed by atoms with Gasteiger partial charge in [0, 0.05) is 0 Å². The summed E-state index contributed by atoms with van der Waals surface area (Å²) in [5.41, 5.74) is 0. The first-order valence-electron chi connectivity index (χ1n) is 6.58. The quantitative estimate of drug-likeness (QED) is 0.598. The van der Waals surface area contributed by atoms with Gasteiger partial charge in [-0.2, -0.15) is 0 Å². The van der Waals surface area contributed by atoms with E-state index in [-0.39, 0.29) is 0 Å². The standard InChI is InChI=1S/C16H21OPSi/c1-19(2,3)17-14-18(15-10-6-4-7-11-15)16-12-8-5-9-13-16/h4-13H,14H2,1-3H3. The SMILES string of the molecule is C[Si](C)(C)OCP(c1ccccc1)c1ccccc1. The fraction of sp³-hybridized carbons (Fsp3) is 0.250. The monoisotopic (exact) mass is 288 g/mol. The first kappa shape index (κ1) is 14.5. The third kappa shape index (κ3) is 4.57. The number of benzene rings is 2. The zero-order chi connectivity index (χ0) is 13.7. The predicted octanol–water partition coefficient (Wildman–Crippen LogP) is 3.93. The lowest BCUT2D eigenvalue weighted by Crippen LogP contribution is -2.28. The second kappa shape index (κ2) is 6.47. The van der Waals surface area contributed by atoms with Gasteiger partial charge in [0.1, 0.15) is 0 Å². The molecule has 0 aromatic heterocycles. The van der Waals surface area contributed by atoms with Crippen molar-refractivity contribution in [2.75, 3.05) is 6.35 Å². The minimum Gasteiger partial charge on any atom is -0.413 e. The van der Waals surface area contributed by atoms with Gasteiger partial charge < -0.3 is 4.43 Å². The molecule has 2 aromatic rings. The summed E-state index contributed by atoms with van der Waals surface area (Å²) in [5, 5.41) is 2.78. The lowest BCUT2D eigenvalue weighted by molar-refractivity contribution is 0.385. The van der Waals surface area contributed by atoms with Gasteiger partial charge in [-0.3, -0.25) is 0 Å². The molecule has 0 bridgehead atoms. The van der Waals surface area contributed by atoms with Gasteiger partial charge in [-0.15, -0.1) is 0 Å². The maximum absolute atomic E-state index is 6.17. The molecule has 0 N–H and O–H groups in total. The maximum atomic E-state index is 6.17. The van der Waals surface area contributed by atoms with Crippen LogP contribution in [0.2, 0.25) is 19.6 Å². The van der Waals surface area contributed by atoms with E-state index in [4.69, 9.17) is 4.43 Å². The Kier molecular flexibility index (Phi) is 4.92. The molecule has 19 heavy (non-hydrogen) atoms. The Labute approximate surface area is 118 Å². The zero-order valence-corrected chi connectivity index (χ0v) is 13.7. The Morgan fingerprint density at radius 1 is 0.789 bits per heavy atom. The Balaban J connectivity index is 2.24. The summed E-state index contributed by atoms with van der Waals surface area (Å²) in [6.07, 6.45) is 0.832. The highest BCUT2D eigenvalue weighted by molar-refractivity contribution is 7.72. The van der Waals surface area contributed by atoms with Crippen molar-refractivity contribution in [1.82, 2.24) is 0 Å². The van der Waals surface area contributed by atoms with E-state index in [1.54, 1.807) is 0 Å². The van der Waals surface area contributed by atoms with Gasteiger partial charge in [0.05, 0.1) is 6.35 Å². The van der Waals surface area contributed by atoms with Crippen molar-refractivity contribution < 1.29 is 4.43 Å². The molecule has 0 spiro atoms. The maximum Gasteiger partial charge on any atom is 0.184 e. The Bertz CT molecular complexity index is 454. The second-order valence-corrected chi connectivity index (χ2v) is 12.1. The minimum atomic E-state index is -1.47. The Morgan fingerprint density at radius 2 is 1.21 bits per heavy atom. The van der Waals surface area contributed by atoms with E-state index in [0.29, 0.717) is 0 Å². The molecule has 1 nitrogen and oxygen atoms in total. The van der Waals surface area contributed by atoms with Gasteiger partial charge in [-0.05, 0) is 38.2 Å². The molecule has 2 aromatic carbocycles. The van der Waals surface area contributed by atoms with E-state index in [9.17, 15) is 0 Å². The minimum absolute atomic E-state index is 0.403. The van der Waals surface area contributed by atoms with Crippen LogP contribution in [0.15, 0.2) is 60.7 Å². The molecular weight excluding hydrogens is 267 g/mol. The fourth-order valence-corrected chi connectivity index (χ4v) is 5.50. The van der Waals surface area contributed by atoms with Crippen molar-refractivity contribution in [2.45, 2.75) is 19.6 Å². The molecule has 0 atom stereocenters. The van der Waals surface area contributed by atoms with Gasteiger partial charge >= 0.3 is 0 Å². The smallest absolute Gasteiger partial charge is 0.184 e. The fourth-order valence-electron chi connectivity index (χ4n) is 1.77. The zero-order valence-electron chi connectivity index (χ0n) is 11.8. The first-order chi connectivity index (χ1) is 9.06. The molecule has 0 amide bonds. The van der Waals surface area contributed by atoms with Crippen molar-refractivity contribution in [3.8, 4) is 0 Å². The molecule has 100 valence electrons. The number of hydrogen-bond donors (Lipinski definition) is 0. The van der Waals surface area contributed by atoms with Crippen LogP contribution in [0.3, 0.4) is 0 Å². The third-order valence-corrected chi connectivity index (χ3v) is 6.25. The molecule has 0 saturated heterocycles. The lowest BCUT2D eigenvalue weighted by Gasteiger charge is -2.24. The molecule has 0 aliphatic heterocycles. The molecule has 0 fully saturated rings. The largest absolute Gasteiger partial charge is 0.413 e. The highest BCUT2D eigenvalue weighted by Crippen LogP contribution is 2.34. The van der Waals surface area contributed by atoms with E-state index in [0.717, 1.165) is 6.35 Å². The molecule has 0 aliphatic rings. The lowest BCUT2D eigenvalue weighted by atomic mass is 10.4. The second-order valence-electron chi connectivity index (χ2n) is 5.48. The van der Waals surface area contributed by atoms with Crippen molar-refractivity contribution in [2.24, 2.45) is 0 Å². The summed E-state index contributed by atoms with van der Waals surface area (Å²) in [4.78, 5) is 0. The highest BCUT2D eigenvalue weighted by Gasteiger charge is 2.19. The van der Waals surface area contributed by atoms with Crippen LogP contribution in [0, 0.1) is 0 Å². The van der Waals surface area contributed by atoms with Crippen molar-refractivity contribution >= 4 is 26.8 Å². The molecule has 3 heteroatoms. The average Bonchev–Trinajstić information content (AvgIpc) is 2.40. The molecule has 0 aliphatic carbocycles. The van der Waals surface area contributed by atoms with E-state index in [1.165, 1.54) is 10.6 Å². The number of hydrogen-bond acceptors (Lipinski definition) is 1. The van der Waals surface area contributed by atoms with Gasteiger partial charge in [-0.1, -0.05) is 60.7 Å². The summed E-state index contributed by atoms with van der Waals surface area (Å²) in [7, 11) is -1.87. The topological polar surface area (TPSA) is 9.23 Å². The number of rotatable bonds is 5. The van der Waals surface area contributed by atoms with Crippen molar-refractivity contribution in [3.05, 3.63) is 60.7 Å². The van der Waals surface area contributed by atoms with Crippen LogP contribution in [0.1, 0.15) is 0 Å². The van der Waals surface area contributed by atoms with E-state index in [2.05, 4.69) is 80.3 Å². The molecular formula is C16H21OPSi. The van der Waals surface area contributed by atoms with Gasteiger partial charge in [0.25, 0.3) is 0 Å². The summed E-state index contributed by atoms with van der Waals surface area (Å²) < 4.78 is 6.17. The van der Waals surface area contributed by atoms with Crippen LogP contribution in [0.4, 0.5) is 0 Å². The normalized spacial score (nSPS) is 11.8. The van der Waals surface area contributed by atoms with Crippen LogP contribution < -0.4 is 10.6 Å². The third-order valence-electron chi connectivity index (χ3n) is 2.76. The Morgan fingerprint density at radius 3 is 1.58 bits per heavy atom. The summed E-state index contributed by atoms with van der Waals surface area (Å²) >= 11 is 0. The molecule has 2 rings (SSSR count). The van der Waals surface area contributed by atoms with Crippen LogP contribution in [-0.2, 0) is 4.43 Å². The van der Waals surface area contributed by atoms with Gasteiger partial charge in [0.15, 0.2) is 8.32 Å². The first-order valence-corrected chi connectivity index (χ1v) is 11.5. The summed E-state index contributed by atoms with van der Waals surface area (Å²) in [6, 6.07) is 21.5. The van der Waals surface area contributed by atoms with Gasteiger partial charge in [-0.25, -0.2) is 0 Å². The van der Waals surface area contributed by atoms with Gasteiger partial charge in [0.2, 0.25) is 0 Å². The predicted molar refractivity (Wildman–Crippen MR) is 88.4 cm³/mol. The molecule has 0 radical (unpaired) electrons. The highest BCUT2D eigenvalue weighted by atomic mass is 31.1. The van der Waals surface area contributed by atoms with E-state index in [1.807, 2.05) is 0 Å². The van der Waals surface area contributed by atoms with Crippen molar-refractivity contribution in [1.29, 1.82) is 0 Å². The van der Waals surface area contributed by atoms with Crippen LogP contribution >= 0.6 is 7.92 Å². The van der Waals surface area contributed by atoms with Crippen LogP contribution in [0.25, 0.3) is 0 Å². The molecule has 0 unspecified atom stereocenters. The van der Waals surface area contributed by atoms with Crippen LogP contribution in [0.5, 0.6) is 0 Å². The van der Waals surface area contributed by atoms with E-state index < -0.39 is 16.2 Å².